The molecule has 0 unspecified atom stereocenters. The monoisotopic (exact) mass is 492 g/mol. The summed E-state index contributed by atoms with van der Waals surface area (Å²) in [5.41, 5.74) is 0.0560. The Labute approximate surface area is 198 Å². The number of amides is 1. The van der Waals surface area contributed by atoms with Crippen molar-refractivity contribution in [1.82, 2.24) is 19.4 Å². The van der Waals surface area contributed by atoms with Crippen LogP contribution >= 0.6 is 11.3 Å². The Morgan fingerprint density at radius 1 is 1.21 bits per heavy atom. The van der Waals surface area contributed by atoms with Gasteiger partial charge >= 0.3 is 0 Å². The zero-order valence-corrected chi connectivity index (χ0v) is 19.5. The molecule has 34 heavy (non-hydrogen) atoms. The van der Waals surface area contributed by atoms with E-state index in [9.17, 15) is 22.8 Å². The molecule has 180 valence electrons. The van der Waals surface area contributed by atoms with Crippen LogP contribution in [-0.4, -0.2) is 52.5 Å². The van der Waals surface area contributed by atoms with Crippen LogP contribution in [-0.2, 0) is 26.1 Å². The second-order valence-corrected chi connectivity index (χ2v) is 8.94. The van der Waals surface area contributed by atoms with E-state index in [1.165, 1.54) is 34.0 Å². The first-order valence-electron chi connectivity index (χ1n) is 10.6. The molecule has 0 spiro atoms. The molecular weight excluding hydrogens is 469 g/mol. The van der Waals surface area contributed by atoms with Crippen LogP contribution in [0.1, 0.15) is 26.6 Å². The van der Waals surface area contributed by atoms with Crippen molar-refractivity contribution < 1.29 is 22.7 Å². The highest BCUT2D eigenvalue weighted by atomic mass is 32.1. The third-order valence-corrected chi connectivity index (χ3v) is 6.61. The number of carbonyl (C=O) groups excluding carboxylic acids is 1. The lowest BCUT2D eigenvalue weighted by atomic mass is 10.1. The van der Waals surface area contributed by atoms with Crippen molar-refractivity contribution >= 4 is 17.2 Å². The van der Waals surface area contributed by atoms with Crippen LogP contribution in [0.25, 0.3) is 0 Å². The van der Waals surface area contributed by atoms with Gasteiger partial charge in [0.15, 0.2) is 11.6 Å². The fourth-order valence-corrected chi connectivity index (χ4v) is 4.75. The number of rotatable bonds is 6. The van der Waals surface area contributed by atoms with Crippen LogP contribution in [0.15, 0.2) is 34.6 Å². The van der Waals surface area contributed by atoms with Crippen molar-refractivity contribution in [2.24, 2.45) is 0 Å². The quantitative estimate of drug-likeness (QED) is 0.495. The molecule has 1 aliphatic rings. The third kappa shape index (κ3) is 4.71. The van der Waals surface area contributed by atoms with Crippen molar-refractivity contribution in [3.05, 3.63) is 79.4 Å². The smallest absolute Gasteiger partial charge is 0.259 e. The van der Waals surface area contributed by atoms with Crippen LogP contribution in [0.5, 0.6) is 5.75 Å². The number of aromatic nitrogens is 2. The van der Waals surface area contributed by atoms with Crippen LogP contribution in [0, 0.1) is 17.5 Å². The molecule has 0 atom stereocenters. The minimum absolute atomic E-state index is 0.164. The summed E-state index contributed by atoms with van der Waals surface area (Å²) in [6.07, 6.45) is 1.92. The maximum absolute atomic E-state index is 14.2. The van der Waals surface area contributed by atoms with Crippen LogP contribution in [0.3, 0.4) is 0 Å². The summed E-state index contributed by atoms with van der Waals surface area (Å²) in [4.78, 5) is 33.6. The average Bonchev–Trinajstić information content (AvgIpc) is 3.24. The van der Waals surface area contributed by atoms with Crippen molar-refractivity contribution in [2.45, 2.75) is 26.1 Å². The van der Waals surface area contributed by atoms with E-state index in [0.29, 0.717) is 18.8 Å². The minimum Gasteiger partial charge on any atom is -0.496 e. The Balaban J connectivity index is 1.63. The molecule has 4 rings (SSSR count). The Bertz CT molecular complexity index is 1260. The summed E-state index contributed by atoms with van der Waals surface area (Å²) < 4.78 is 48.9. The summed E-state index contributed by atoms with van der Waals surface area (Å²) >= 11 is 1.43. The second kappa shape index (κ2) is 9.98. The standard InChI is InChI=1S/C23H23F3N4O3S/c1-28(13-19-27-6-10-34-19)23(32)21-17-5-7-29(8-9-30(17)20(31)11-18(21)33-2)12-14-15(24)3-4-16(25)22(14)26/h3-4,6,10-11H,5,7-9,12-13H2,1-2H3. The molecule has 0 N–H and O–H groups in total. The number of thiazole rings is 1. The maximum Gasteiger partial charge on any atom is 0.259 e. The number of methoxy groups -OCH3 is 1. The molecule has 0 aliphatic carbocycles. The number of pyridine rings is 1. The van der Waals surface area contributed by atoms with E-state index in [2.05, 4.69) is 4.98 Å². The normalized spacial score (nSPS) is 13.9. The fraction of sp³-hybridized carbons (Fsp3) is 0.348. The van der Waals surface area contributed by atoms with Gasteiger partial charge in [-0.1, -0.05) is 0 Å². The first-order chi connectivity index (χ1) is 16.3. The van der Waals surface area contributed by atoms with E-state index < -0.39 is 17.5 Å². The van der Waals surface area contributed by atoms with Gasteiger partial charge in [0.05, 0.1) is 13.7 Å². The number of nitrogens with zero attached hydrogens (tertiary/aromatic N) is 4. The zero-order chi connectivity index (χ0) is 24.4. The number of fused-ring (bicyclic) bond motifs is 1. The highest BCUT2D eigenvalue weighted by Crippen LogP contribution is 2.26. The Hall–Kier alpha value is -3.18. The molecule has 0 saturated heterocycles. The van der Waals surface area contributed by atoms with Gasteiger partial charge in [-0.15, -0.1) is 11.3 Å². The molecular formula is C23H23F3N4O3S. The van der Waals surface area contributed by atoms with Gasteiger partial charge in [0.2, 0.25) is 0 Å². The van der Waals surface area contributed by atoms with Gasteiger partial charge in [-0.2, -0.15) is 0 Å². The third-order valence-electron chi connectivity index (χ3n) is 5.84. The molecule has 1 aliphatic heterocycles. The molecule has 0 radical (unpaired) electrons. The van der Waals surface area contributed by atoms with Crippen molar-refractivity contribution in [3.63, 3.8) is 0 Å². The number of halogens is 3. The van der Waals surface area contributed by atoms with E-state index in [-0.39, 0.29) is 54.4 Å². The van der Waals surface area contributed by atoms with Crippen molar-refractivity contribution in [1.29, 1.82) is 0 Å². The lowest BCUT2D eigenvalue weighted by Crippen LogP contribution is -2.32. The lowest BCUT2D eigenvalue weighted by Gasteiger charge is -2.21. The molecule has 0 saturated carbocycles. The van der Waals surface area contributed by atoms with Gasteiger partial charge < -0.3 is 14.2 Å². The number of hydrogen-bond acceptors (Lipinski definition) is 6. The molecule has 1 amide bonds. The SMILES string of the molecule is COc1cc(=O)n2c(c1C(=O)N(C)Cc1nccs1)CCN(Cc1c(F)ccc(F)c1F)CC2. The van der Waals surface area contributed by atoms with Crippen LogP contribution in [0.4, 0.5) is 13.2 Å². The Kier molecular flexibility index (Phi) is 7.03. The predicted molar refractivity (Wildman–Crippen MR) is 120 cm³/mol. The number of hydrogen-bond donors (Lipinski definition) is 0. The Morgan fingerprint density at radius 2 is 1.97 bits per heavy atom. The second-order valence-electron chi connectivity index (χ2n) is 7.96. The van der Waals surface area contributed by atoms with Gasteiger partial charge in [-0.3, -0.25) is 14.5 Å². The van der Waals surface area contributed by atoms with Gasteiger partial charge in [-0.05, 0) is 12.1 Å². The number of carbonyl (C=O) groups is 1. The molecule has 1 aromatic carbocycles. The summed E-state index contributed by atoms with van der Waals surface area (Å²) in [6, 6.07) is 2.92. The topological polar surface area (TPSA) is 67.7 Å². The summed E-state index contributed by atoms with van der Waals surface area (Å²) in [6.45, 7) is 0.924. The highest BCUT2D eigenvalue weighted by molar-refractivity contribution is 7.09. The minimum atomic E-state index is -1.22. The summed E-state index contributed by atoms with van der Waals surface area (Å²) in [5.74, 6) is -3.33. The highest BCUT2D eigenvalue weighted by Gasteiger charge is 2.28. The van der Waals surface area contributed by atoms with Crippen LogP contribution < -0.4 is 10.3 Å². The summed E-state index contributed by atoms with van der Waals surface area (Å²) in [7, 11) is 3.03. The number of benzene rings is 1. The first-order valence-corrected chi connectivity index (χ1v) is 11.5. The van der Waals surface area contributed by atoms with Crippen molar-refractivity contribution in [3.8, 4) is 5.75 Å². The Morgan fingerprint density at radius 3 is 2.68 bits per heavy atom. The van der Waals surface area contributed by atoms with Gasteiger partial charge in [0.1, 0.15) is 22.1 Å². The lowest BCUT2D eigenvalue weighted by molar-refractivity contribution is 0.0779. The van der Waals surface area contributed by atoms with E-state index in [0.717, 1.165) is 17.1 Å². The van der Waals surface area contributed by atoms with Gasteiger partial charge in [0.25, 0.3) is 11.5 Å². The number of ether oxygens (including phenoxy) is 1. The largest absolute Gasteiger partial charge is 0.496 e. The van der Waals surface area contributed by atoms with Crippen molar-refractivity contribution in [2.75, 3.05) is 27.2 Å². The molecule has 0 bridgehead atoms. The predicted octanol–water partition coefficient (Wildman–Crippen LogP) is 3.06. The maximum atomic E-state index is 14.2. The van der Waals surface area contributed by atoms with Gasteiger partial charge in [-0.25, -0.2) is 18.2 Å². The molecule has 0 fully saturated rings. The van der Waals surface area contributed by atoms with E-state index in [1.807, 2.05) is 5.38 Å². The molecule has 3 aromatic rings. The molecule has 7 nitrogen and oxygen atoms in total. The van der Waals surface area contributed by atoms with E-state index >= 15 is 0 Å². The molecule has 3 heterocycles. The average molecular weight is 493 g/mol. The van der Waals surface area contributed by atoms with E-state index in [4.69, 9.17) is 4.74 Å². The summed E-state index contributed by atoms with van der Waals surface area (Å²) in [5, 5.41) is 2.58. The molecule has 2 aromatic heterocycles. The van der Waals surface area contributed by atoms with Gasteiger partial charge in [0, 0.05) is 68.5 Å². The van der Waals surface area contributed by atoms with Crippen LogP contribution in [0.2, 0.25) is 0 Å². The van der Waals surface area contributed by atoms with E-state index in [1.54, 1.807) is 18.1 Å². The zero-order valence-electron chi connectivity index (χ0n) is 18.7. The first kappa shape index (κ1) is 24.0. The fourth-order valence-electron chi connectivity index (χ4n) is 4.08. The molecule has 11 heteroatoms.